The van der Waals surface area contributed by atoms with E-state index in [-0.39, 0.29) is 6.42 Å². The van der Waals surface area contributed by atoms with Crippen molar-refractivity contribution in [3.05, 3.63) is 0 Å². The number of ether oxygens (including phenoxy) is 4. The summed E-state index contributed by atoms with van der Waals surface area (Å²) in [4.78, 5) is 79.2. The molecule has 11 N–H and O–H groups in total. The van der Waals surface area contributed by atoms with Gasteiger partial charge < -0.3 is 74.7 Å². The van der Waals surface area contributed by atoms with Crippen LogP contribution in [0.15, 0.2) is 0 Å². The van der Waals surface area contributed by atoms with E-state index >= 15 is 0 Å². The second kappa shape index (κ2) is 42.2. The van der Waals surface area contributed by atoms with Crippen molar-refractivity contribution >= 4 is 33.4 Å². The lowest BCUT2D eigenvalue weighted by Crippen LogP contribution is -2.67. The summed E-state index contributed by atoms with van der Waals surface area (Å²) in [6, 6.07) is -3.52. The van der Waals surface area contributed by atoms with E-state index < -0.39 is 133 Å². The average molecular weight is 1160 g/mol. The number of carbonyl (C=O) groups is 3. The molecule has 2 amide bonds. The highest BCUT2D eigenvalue weighted by atomic mass is 31.2. The molecule has 2 heterocycles. The van der Waals surface area contributed by atoms with E-state index in [1.807, 2.05) is 0 Å². The van der Waals surface area contributed by atoms with E-state index in [4.69, 9.17) is 28.0 Å². The molecule has 0 aromatic heterocycles. The van der Waals surface area contributed by atoms with Crippen molar-refractivity contribution in [1.82, 2.24) is 10.6 Å². The van der Waals surface area contributed by atoms with Crippen molar-refractivity contribution in [3.8, 4) is 0 Å². The van der Waals surface area contributed by atoms with Crippen LogP contribution >= 0.6 is 15.6 Å². The van der Waals surface area contributed by atoms with Gasteiger partial charge in [0, 0.05) is 6.42 Å². The summed E-state index contributed by atoms with van der Waals surface area (Å²) < 4.78 is 56.9. The number of aliphatic hydroxyl groups excluding tert-OH is 5. The SMILES string of the molecule is CCCCCCCCCCCCCC(=O)O[C@H](CCCCCCCCCCC)CC(=O)N[C@H]1[C@H](OC[C@H]2O[C@H](OP(=O)(O)O)[C@H](NC(=O)C[C@H](O)CCCCCCCCCCC)[C@@H](O)[C@@H]2O)O[C@H](CO)[C@@H](OP(=O)(O)O)[C@@H]1O. The zero-order chi connectivity index (χ0) is 57.8. The molecule has 0 aromatic carbocycles. The molecule has 24 heteroatoms. The molecular weight excluding hydrogens is 1060 g/mol. The minimum atomic E-state index is -5.42. The van der Waals surface area contributed by atoms with E-state index in [9.17, 15) is 68.6 Å². The summed E-state index contributed by atoms with van der Waals surface area (Å²) in [5, 5.41) is 59.8. The van der Waals surface area contributed by atoms with Gasteiger partial charge in [-0.25, -0.2) is 9.13 Å². The summed E-state index contributed by atoms with van der Waals surface area (Å²) in [5.41, 5.74) is 0. The van der Waals surface area contributed by atoms with Gasteiger partial charge in [0.25, 0.3) is 0 Å². The second-order valence-electron chi connectivity index (χ2n) is 21.6. The molecule has 0 unspecified atom stereocenters. The van der Waals surface area contributed by atoms with E-state index in [0.717, 1.165) is 89.9 Å². The normalized spacial score (nSPS) is 24.7. The number of phosphoric acid groups is 2. The molecule has 0 saturated carbocycles. The van der Waals surface area contributed by atoms with Crippen molar-refractivity contribution < 1.29 is 96.6 Å². The summed E-state index contributed by atoms with van der Waals surface area (Å²) in [6.07, 6.45) is 13.4. The number of esters is 1. The van der Waals surface area contributed by atoms with Gasteiger partial charge in [0.05, 0.1) is 32.2 Å². The Hall–Kier alpha value is -1.69. The van der Waals surface area contributed by atoms with Crippen LogP contribution in [0.3, 0.4) is 0 Å². The van der Waals surface area contributed by atoms with Crippen LogP contribution in [0.25, 0.3) is 0 Å². The van der Waals surface area contributed by atoms with E-state index in [1.165, 1.54) is 77.0 Å². The Morgan fingerprint density at radius 3 is 1.38 bits per heavy atom. The summed E-state index contributed by atoms with van der Waals surface area (Å²) in [5.74, 6) is -2.11. The van der Waals surface area contributed by atoms with Gasteiger partial charge in [0.2, 0.25) is 11.8 Å². The van der Waals surface area contributed by atoms with E-state index in [0.29, 0.717) is 32.1 Å². The fraction of sp³-hybridized carbons (Fsp3) is 0.944. The lowest BCUT2D eigenvalue weighted by atomic mass is 9.95. The van der Waals surface area contributed by atoms with Gasteiger partial charge >= 0.3 is 21.6 Å². The van der Waals surface area contributed by atoms with Crippen molar-refractivity contribution in [2.75, 3.05) is 13.2 Å². The predicted octanol–water partition coefficient (Wildman–Crippen LogP) is 7.68. The molecule has 2 aliphatic rings. The summed E-state index contributed by atoms with van der Waals surface area (Å²) in [6.45, 7) is 4.68. The number of hydrogen-bond acceptors (Lipinski definition) is 16. The van der Waals surface area contributed by atoms with Crippen LogP contribution in [0, 0.1) is 0 Å². The number of nitrogens with one attached hydrogen (secondary N) is 2. The summed E-state index contributed by atoms with van der Waals surface area (Å²) in [7, 11) is -10.8. The maximum absolute atomic E-state index is 13.9. The van der Waals surface area contributed by atoms with Crippen molar-refractivity contribution in [1.29, 1.82) is 0 Å². The third kappa shape index (κ3) is 32.8. The van der Waals surface area contributed by atoms with Crippen LogP contribution in [0.4, 0.5) is 0 Å². The summed E-state index contributed by atoms with van der Waals surface area (Å²) >= 11 is 0. The number of aliphatic hydroxyl groups is 5. The first kappa shape index (κ1) is 72.4. The highest BCUT2D eigenvalue weighted by Gasteiger charge is 2.52. The lowest BCUT2D eigenvalue weighted by Gasteiger charge is -2.45. The van der Waals surface area contributed by atoms with Crippen LogP contribution < -0.4 is 10.6 Å². The molecule has 2 saturated heterocycles. The Kier molecular flexibility index (Phi) is 39.1. The quantitative estimate of drug-likeness (QED) is 0.0158. The molecular formula is C54H104N2O20P2. The predicted molar refractivity (Wildman–Crippen MR) is 292 cm³/mol. The molecule has 0 aromatic rings. The molecule has 2 rings (SSSR count). The first-order chi connectivity index (χ1) is 37.2. The zero-order valence-electron chi connectivity index (χ0n) is 47.3. The van der Waals surface area contributed by atoms with Crippen LogP contribution in [-0.4, -0.2) is 150 Å². The first-order valence-electron chi connectivity index (χ1n) is 29.7. The Bertz CT molecular complexity index is 1680. The average Bonchev–Trinajstić information content (AvgIpc) is 3.38. The van der Waals surface area contributed by atoms with Crippen molar-refractivity contribution in [3.63, 3.8) is 0 Å². The van der Waals surface area contributed by atoms with Gasteiger partial charge in [0.15, 0.2) is 12.6 Å². The largest absolute Gasteiger partial charge is 0.472 e. The maximum atomic E-state index is 13.9. The van der Waals surface area contributed by atoms with Gasteiger partial charge in [0.1, 0.15) is 54.8 Å². The molecule has 2 fully saturated rings. The molecule has 78 heavy (non-hydrogen) atoms. The molecule has 0 bridgehead atoms. The highest BCUT2D eigenvalue weighted by Crippen LogP contribution is 2.43. The van der Waals surface area contributed by atoms with Crippen LogP contribution in [0.5, 0.6) is 0 Å². The third-order valence-electron chi connectivity index (χ3n) is 14.5. The fourth-order valence-electron chi connectivity index (χ4n) is 10.1. The Morgan fingerprint density at radius 1 is 0.513 bits per heavy atom. The van der Waals surface area contributed by atoms with Crippen molar-refractivity contribution in [2.24, 2.45) is 0 Å². The minimum absolute atomic E-state index is 0.154. The number of unbranched alkanes of at least 4 members (excludes halogenated alkanes) is 26. The van der Waals surface area contributed by atoms with Gasteiger partial charge in [-0.15, -0.1) is 0 Å². The number of amides is 2. The second-order valence-corrected chi connectivity index (χ2v) is 24.0. The smallest absolute Gasteiger partial charge is 0.462 e. The molecule has 12 atom stereocenters. The van der Waals surface area contributed by atoms with Crippen LogP contribution in [0.2, 0.25) is 0 Å². The maximum Gasteiger partial charge on any atom is 0.472 e. The lowest BCUT2D eigenvalue weighted by molar-refractivity contribution is -0.294. The number of phosphoric ester groups is 2. The fourth-order valence-corrected chi connectivity index (χ4v) is 11.1. The van der Waals surface area contributed by atoms with Gasteiger partial charge in [-0.2, -0.15) is 0 Å². The zero-order valence-corrected chi connectivity index (χ0v) is 49.1. The van der Waals surface area contributed by atoms with Gasteiger partial charge in [-0.1, -0.05) is 194 Å². The third-order valence-corrected chi connectivity index (χ3v) is 15.5. The Balaban J connectivity index is 2.19. The number of hydrogen-bond donors (Lipinski definition) is 11. The van der Waals surface area contributed by atoms with Crippen LogP contribution in [0.1, 0.15) is 239 Å². The molecule has 0 spiro atoms. The Labute approximate surface area is 465 Å². The number of rotatable bonds is 47. The highest BCUT2D eigenvalue weighted by molar-refractivity contribution is 7.46. The van der Waals surface area contributed by atoms with Gasteiger partial charge in [-0.3, -0.25) is 23.4 Å². The first-order valence-corrected chi connectivity index (χ1v) is 32.8. The standard InChI is InChI=1S/C54H104N2O20P2/c1-4-7-10-13-16-19-20-23-26-29-32-35-46(61)72-41(34-31-28-25-22-18-15-12-9-6-3)37-45(60)56-48-51(64)52(75-77(65,66)67)42(38-57)73-53(48)71-39-43-49(62)50(63)47(54(74-43)76-78(68,69)70)55-44(59)36-40(58)33-30-27-24-21-17-14-11-8-5-2/h40-43,47-54,57-58,62-64H,4-39H2,1-3H3,(H,55,59)(H,56,60)(H2,65,66,67)(H2,68,69,70)/t40-,41-,42-,43-,47-,48-,49-,50-,51-,52-,53-,54-/m1/s1. The molecule has 2 aliphatic heterocycles. The van der Waals surface area contributed by atoms with Crippen molar-refractivity contribution in [2.45, 2.75) is 313 Å². The number of carbonyl (C=O) groups excluding carboxylic acids is 3. The molecule has 0 radical (unpaired) electrons. The topological polar surface area (TPSA) is 347 Å². The van der Waals surface area contributed by atoms with E-state index in [2.05, 4.69) is 31.4 Å². The molecule has 22 nitrogen and oxygen atoms in total. The monoisotopic (exact) mass is 1160 g/mol. The van der Waals surface area contributed by atoms with Gasteiger partial charge in [-0.05, 0) is 25.7 Å². The Morgan fingerprint density at radius 2 is 0.923 bits per heavy atom. The van der Waals surface area contributed by atoms with E-state index in [1.54, 1.807) is 0 Å². The minimum Gasteiger partial charge on any atom is -0.462 e. The van der Waals surface area contributed by atoms with Crippen LogP contribution in [-0.2, 0) is 51.5 Å². The molecule has 0 aliphatic carbocycles. The molecule has 460 valence electrons.